The molecule has 2 aromatic rings. The molecule has 0 aliphatic carbocycles. The Morgan fingerprint density at radius 2 is 2.05 bits per heavy atom. The van der Waals surface area contributed by atoms with Crippen LogP contribution < -0.4 is 5.32 Å². The van der Waals surface area contributed by atoms with E-state index in [-0.39, 0.29) is 11.9 Å². The number of pyridine rings is 1. The van der Waals surface area contributed by atoms with Gasteiger partial charge in [0.15, 0.2) is 0 Å². The number of benzene rings is 1. The number of hydrogen-bond donors (Lipinski definition) is 1. The van der Waals surface area contributed by atoms with E-state index in [0.29, 0.717) is 6.42 Å². The molecule has 3 heteroatoms. The van der Waals surface area contributed by atoms with Crippen LogP contribution in [0.1, 0.15) is 18.1 Å². The Balaban J connectivity index is 1.76. The zero-order valence-corrected chi connectivity index (χ0v) is 11.1. The monoisotopic (exact) mass is 258 g/mol. The Morgan fingerprint density at radius 3 is 2.79 bits per heavy atom. The molecule has 0 amide bonds. The minimum atomic E-state index is -0.122. The summed E-state index contributed by atoms with van der Waals surface area (Å²) in [6.45, 7) is 2.96. The van der Waals surface area contributed by atoms with Gasteiger partial charge in [-0.25, -0.2) is 4.39 Å². The highest BCUT2D eigenvalue weighted by Crippen LogP contribution is 2.09. The van der Waals surface area contributed by atoms with E-state index in [1.165, 1.54) is 11.6 Å². The van der Waals surface area contributed by atoms with E-state index in [9.17, 15) is 4.39 Å². The lowest BCUT2D eigenvalue weighted by Gasteiger charge is -2.14. The van der Waals surface area contributed by atoms with Gasteiger partial charge >= 0.3 is 0 Å². The van der Waals surface area contributed by atoms with Gasteiger partial charge in [-0.15, -0.1) is 0 Å². The van der Waals surface area contributed by atoms with Crippen molar-refractivity contribution in [1.29, 1.82) is 0 Å². The Morgan fingerprint density at radius 1 is 1.21 bits per heavy atom. The molecule has 2 rings (SSSR count). The van der Waals surface area contributed by atoms with Crippen LogP contribution in [-0.4, -0.2) is 17.6 Å². The van der Waals surface area contributed by atoms with Gasteiger partial charge in [-0.05, 0) is 49.6 Å². The maximum atomic E-state index is 13.5. The molecule has 0 aliphatic heterocycles. The van der Waals surface area contributed by atoms with Crippen LogP contribution in [0.4, 0.5) is 4.39 Å². The zero-order chi connectivity index (χ0) is 13.5. The first-order chi connectivity index (χ1) is 9.25. The van der Waals surface area contributed by atoms with Crippen LogP contribution in [0.2, 0.25) is 0 Å². The third-order valence-electron chi connectivity index (χ3n) is 3.11. The van der Waals surface area contributed by atoms with Gasteiger partial charge in [0.2, 0.25) is 0 Å². The average molecular weight is 258 g/mol. The Kier molecular flexibility index (Phi) is 5.04. The molecule has 1 atom stereocenters. The maximum absolute atomic E-state index is 13.5. The average Bonchev–Trinajstić information content (AvgIpc) is 2.43. The molecule has 0 bridgehead atoms. The molecule has 0 spiro atoms. The summed E-state index contributed by atoms with van der Waals surface area (Å²) in [4.78, 5) is 4.08. The lowest BCUT2D eigenvalue weighted by molar-refractivity contribution is 0.528. The first-order valence-corrected chi connectivity index (χ1v) is 6.61. The van der Waals surface area contributed by atoms with Crippen LogP contribution in [0.25, 0.3) is 0 Å². The fourth-order valence-corrected chi connectivity index (χ4v) is 2.07. The van der Waals surface area contributed by atoms with Crippen LogP contribution in [-0.2, 0) is 12.8 Å². The van der Waals surface area contributed by atoms with Gasteiger partial charge in [-0.2, -0.15) is 0 Å². The number of nitrogens with one attached hydrogen (secondary N) is 1. The van der Waals surface area contributed by atoms with Gasteiger partial charge < -0.3 is 5.32 Å². The molecule has 0 radical (unpaired) electrons. The van der Waals surface area contributed by atoms with Crippen molar-refractivity contribution in [3.8, 4) is 0 Å². The highest BCUT2D eigenvalue weighted by Gasteiger charge is 2.06. The summed E-state index contributed by atoms with van der Waals surface area (Å²) in [5.41, 5.74) is 1.98. The van der Waals surface area contributed by atoms with Crippen molar-refractivity contribution in [3.63, 3.8) is 0 Å². The van der Waals surface area contributed by atoms with Gasteiger partial charge in [0.1, 0.15) is 5.82 Å². The summed E-state index contributed by atoms with van der Waals surface area (Å²) >= 11 is 0. The van der Waals surface area contributed by atoms with Crippen molar-refractivity contribution in [2.24, 2.45) is 0 Å². The third kappa shape index (κ3) is 4.45. The topological polar surface area (TPSA) is 24.9 Å². The van der Waals surface area contributed by atoms with Gasteiger partial charge in [0.25, 0.3) is 0 Å². The number of aromatic nitrogens is 1. The lowest BCUT2D eigenvalue weighted by Crippen LogP contribution is -2.30. The first-order valence-electron chi connectivity index (χ1n) is 6.61. The number of halogens is 1. The Labute approximate surface area is 113 Å². The van der Waals surface area contributed by atoms with E-state index < -0.39 is 0 Å². The van der Waals surface area contributed by atoms with Crippen LogP contribution in [0, 0.1) is 5.82 Å². The van der Waals surface area contributed by atoms with Crippen molar-refractivity contribution in [1.82, 2.24) is 10.3 Å². The molecule has 0 saturated heterocycles. The van der Waals surface area contributed by atoms with Crippen LogP contribution in [0.3, 0.4) is 0 Å². The van der Waals surface area contributed by atoms with Gasteiger partial charge in [-0.3, -0.25) is 4.98 Å². The molecule has 0 saturated carbocycles. The zero-order valence-electron chi connectivity index (χ0n) is 11.1. The Hall–Kier alpha value is -1.74. The standard InChI is InChI=1S/C16H19FN2/c1-13(11-15-6-2-3-7-16(15)17)19-10-8-14-5-4-9-18-12-14/h2-7,9,12-13,19H,8,10-11H2,1H3. The van der Waals surface area contributed by atoms with Crippen molar-refractivity contribution >= 4 is 0 Å². The predicted octanol–water partition coefficient (Wildman–Crippen LogP) is 2.98. The van der Waals surface area contributed by atoms with Crippen LogP contribution >= 0.6 is 0 Å². The predicted molar refractivity (Wildman–Crippen MR) is 75.5 cm³/mol. The summed E-state index contributed by atoms with van der Waals surface area (Å²) in [6.07, 6.45) is 5.30. The summed E-state index contributed by atoms with van der Waals surface area (Å²) < 4.78 is 13.5. The highest BCUT2D eigenvalue weighted by molar-refractivity contribution is 5.18. The lowest BCUT2D eigenvalue weighted by atomic mass is 10.1. The van der Waals surface area contributed by atoms with Crippen LogP contribution in [0.15, 0.2) is 48.8 Å². The van der Waals surface area contributed by atoms with E-state index in [0.717, 1.165) is 18.5 Å². The second kappa shape index (κ2) is 7.00. The highest BCUT2D eigenvalue weighted by atomic mass is 19.1. The normalized spacial score (nSPS) is 12.3. The molecular weight excluding hydrogens is 239 g/mol. The second-order valence-electron chi connectivity index (χ2n) is 4.76. The van der Waals surface area contributed by atoms with Gasteiger partial charge in [-0.1, -0.05) is 24.3 Å². The molecule has 1 aromatic carbocycles. The van der Waals surface area contributed by atoms with Crippen molar-refractivity contribution in [2.45, 2.75) is 25.8 Å². The van der Waals surface area contributed by atoms with Crippen molar-refractivity contribution in [2.75, 3.05) is 6.54 Å². The quantitative estimate of drug-likeness (QED) is 0.861. The van der Waals surface area contributed by atoms with E-state index in [4.69, 9.17) is 0 Å². The Bertz CT molecular complexity index is 499. The largest absolute Gasteiger partial charge is 0.314 e. The number of nitrogens with zero attached hydrogens (tertiary/aromatic N) is 1. The molecule has 1 N–H and O–H groups in total. The smallest absolute Gasteiger partial charge is 0.126 e. The minimum absolute atomic E-state index is 0.122. The van der Waals surface area contributed by atoms with Crippen molar-refractivity contribution < 1.29 is 4.39 Å². The number of hydrogen-bond acceptors (Lipinski definition) is 2. The maximum Gasteiger partial charge on any atom is 0.126 e. The fourth-order valence-electron chi connectivity index (χ4n) is 2.07. The molecule has 1 aromatic heterocycles. The van der Waals surface area contributed by atoms with E-state index in [1.54, 1.807) is 12.3 Å². The van der Waals surface area contributed by atoms with E-state index >= 15 is 0 Å². The summed E-state index contributed by atoms with van der Waals surface area (Å²) in [5, 5.41) is 3.41. The summed E-state index contributed by atoms with van der Waals surface area (Å²) in [6, 6.07) is 11.2. The van der Waals surface area contributed by atoms with Crippen molar-refractivity contribution in [3.05, 3.63) is 65.7 Å². The van der Waals surface area contributed by atoms with E-state index in [1.807, 2.05) is 24.4 Å². The van der Waals surface area contributed by atoms with Crippen LogP contribution in [0.5, 0.6) is 0 Å². The summed E-state index contributed by atoms with van der Waals surface area (Å²) in [5.74, 6) is -0.122. The van der Waals surface area contributed by atoms with Gasteiger partial charge in [0.05, 0.1) is 0 Å². The number of rotatable bonds is 6. The minimum Gasteiger partial charge on any atom is -0.314 e. The molecule has 2 nitrogen and oxygen atoms in total. The molecule has 0 fully saturated rings. The molecule has 0 aliphatic rings. The molecule has 100 valence electrons. The SMILES string of the molecule is CC(Cc1ccccc1F)NCCc1cccnc1. The molecule has 1 heterocycles. The molecule has 1 unspecified atom stereocenters. The van der Waals surface area contributed by atoms with Gasteiger partial charge in [0, 0.05) is 18.4 Å². The third-order valence-corrected chi connectivity index (χ3v) is 3.11. The molecular formula is C16H19FN2. The first kappa shape index (κ1) is 13.7. The fraction of sp³-hybridized carbons (Fsp3) is 0.312. The van der Waals surface area contributed by atoms with E-state index in [2.05, 4.69) is 23.3 Å². The molecule has 19 heavy (non-hydrogen) atoms. The summed E-state index contributed by atoms with van der Waals surface area (Å²) in [7, 11) is 0. The second-order valence-corrected chi connectivity index (χ2v) is 4.76.